The molecule has 3 heteroatoms. The Hall–Kier alpha value is -2.16. The Balaban J connectivity index is 1.95. The third-order valence-electron chi connectivity index (χ3n) is 2.05. The van der Waals surface area contributed by atoms with Crippen molar-refractivity contribution in [2.75, 3.05) is 0 Å². The van der Waals surface area contributed by atoms with Crippen LogP contribution in [0.1, 0.15) is 5.56 Å². The van der Waals surface area contributed by atoms with Crippen LogP contribution in [0, 0.1) is 0 Å². The Kier molecular flexibility index (Phi) is 3.28. The van der Waals surface area contributed by atoms with Crippen molar-refractivity contribution in [3.63, 3.8) is 0 Å². The van der Waals surface area contributed by atoms with Crippen molar-refractivity contribution in [3.05, 3.63) is 60.3 Å². The van der Waals surface area contributed by atoms with Gasteiger partial charge in [0.25, 0.3) is 0 Å². The highest BCUT2D eigenvalue weighted by molar-refractivity contribution is 5.74. The molecule has 3 nitrogen and oxygen atoms in total. The number of esters is 1. The number of carbonyl (C=O) groups excluding carboxylic acids is 1. The third kappa shape index (κ3) is 2.92. The summed E-state index contributed by atoms with van der Waals surface area (Å²) in [6.07, 6.45) is 1.85. The van der Waals surface area contributed by atoms with Gasteiger partial charge in [0.05, 0.1) is 6.42 Å². The van der Waals surface area contributed by atoms with E-state index in [2.05, 4.69) is 4.98 Å². The van der Waals surface area contributed by atoms with E-state index in [1.165, 1.54) is 0 Å². The minimum atomic E-state index is -0.301. The first kappa shape index (κ1) is 10.4. The summed E-state index contributed by atoms with van der Waals surface area (Å²) < 4.78 is 5.07. The molecule has 0 radical (unpaired) electrons. The van der Waals surface area contributed by atoms with E-state index in [9.17, 15) is 4.79 Å². The van der Waals surface area contributed by atoms with Gasteiger partial charge in [0.1, 0.15) is 0 Å². The minimum absolute atomic E-state index is 0.261. The molecule has 80 valence electrons. The topological polar surface area (TPSA) is 39.2 Å². The lowest BCUT2D eigenvalue weighted by atomic mass is 10.2. The highest BCUT2D eigenvalue weighted by Crippen LogP contribution is 2.06. The maximum absolute atomic E-state index is 11.5. The molecular formula is C13H11NO2. The first-order valence-corrected chi connectivity index (χ1v) is 5.00. The second-order valence-corrected chi connectivity index (χ2v) is 3.30. The predicted octanol–water partition coefficient (Wildman–Crippen LogP) is 2.23. The fourth-order valence-electron chi connectivity index (χ4n) is 1.32. The standard InChI is InChI=1S/C13H11NO2/c15-13(10-11-6-2-1-3-7-11)16-12-8-4-5-9-14-12/h1-9H,10H2. The van der Waals surface area contributed by atoms with Crippen LogP contribution in [0.3, 0.4) is 0 Å². The number of benzene rings is 1. The van der Waals surface area contributed by atoms with Gasteiger partial charge < -0.3 is 4.74 Å². The van der Waals surface area contributed by atoms with Crippen LogP contribution < -0.4 is 4.74 Å². The van der Waals surface area contributed by atoms with Crippen molar-refractivity contribution < 1.29 is 9.53 Å². The van der Waals surface area contributed by atoms with Gasteiger partial charge in [0.2, 0.25) is 5.88 Å². The van der Waals surface area contributed by atoms with Crippen molar-refractivity contribution in [1.82, 2.24) is 4.98 Å². The number of pyridine rings is 1. The zero-order valence-corrected chi connectivity index (χ0v) is 8.67. The van der Waals surface area contributed by atoms with E-state index >= 15 is 0 Å². The highest BCUT2D eigenvalue weighted by Gasteiger charge is 2.05. The second-order valence-electron chi connectivity index (χ2n) is 3.30. The smallest absolute Gasteiger partial charge is 0.316 e. The normalized spacial score (nSPS) is 9.75. The van der Waals surface area contributed by atoms with Crippen molar-refractivity contribution in [3.8, 4) is 5.88 Å². The number of hydrogen-bond donors (Lipinski definition) is 0. The molecule has 0 atom stereocenters. The third-order valence-corrected chi connectivity index (χ3v) is 2.05. The van der Waals surface area contributed by atoms with Crippen LogP contribution in [0.4, 0.5) is 0 Å². The van der Waals surface area contributed by atoms with Crippen LogP contribution in [0.15, 0.2) is 54.7 Å². The second kappa shape index (κ2) is 5.07. The van der Waals surface area contributed by atoms with Crippen molar-refractivity contribution in [1.29, 1.82) is 0 Å². The molecule has 0 saturated carbocycles. The maximum Gasteiger partial charge on any atom is 0.316 e. The number of nitrogens with zero attached hydrogens (tertiary/aromatic N) is 1. The molecule has 2 rings (SSSR count). The molecule has 0 N–H and O–H groups in total. The lowest BCUT2D eigenvalue weighted by molar-refractivity contribution is -0.133. The van der Waals surface area contributed by atoms with E-state index in [0.717, 1.165) is 5.56 Å². The number of carbonyl (C=O) groups is 1. The van der Waals surface area contributed by atoms with Gasteiger partial charge in [-0.2, -0.15) is 0 Å². The summed E-state index contributed by atoms with van der Waals surface area (Å²) in [5.74, 6) is 0.0355. The molecule has 0 amide bonds. The molecule has 0 unspecified atom stereocenters. The fourth-order valence-corrected chi connectivity index (χ4v) is 1.32. The summed E-state index contributed by atoms with van der Waals surface area (Å²) in [7, 11) is 0. The molecule has 0 aliphatic carbocycles. The van der Waals surface area contributed by atoms with Crippen LogP contribution >= 0.6 is 0 Å². The fraction of sp³-hybridized carbons (Fsp3) is 0.0769. The largest absolute Gasteiger partial charge is 0.407 e. The molecule has 0 saturated heterocycles. The van der Waals surface area contributed by atoms with E-state index in [1.54, 1.807) is 24.4 Å². The molecule has 0 fully saturated rings. The molecule has 16 heavy (non-hydrogen) atoms. The van der Waals surface area contributed by atoms with Gasteiger partial charge in [0, 0.05) is 12.3 Å². The molecule has 1 heterocycles. The first-order chi connectivity index (χ1) is 7.84. The summed E-state index contributed by atoms with van der Waals surface area (Å²) >= 11 is 0. The molecule has 0 spiro atoms. The van der Waals surface area contributed by atoms with E-state index in [0.29, 0.717) is 5.88 Å². The maximum atomic E-state index is 11.5. The number of aromatic nitrogens is 1. The van der Waals surface area contributed by atoms with Crippen molar-refractivity contribution >= 4 is 5.97 Å². The van der Waals surface area contributed by atoms with Gasteiger partial charge >= 0.3 is 5.97 Å². The molecule has 1 aromatic heterocycles. The first-order valence-electron chi connectivity index (χ1n) is 5.00. The number of rotatable bonds is 3. The Morgan fingerprint density at radius 1 is 1.06 bits per heavy atom. The van der Waals surface area contributed by atoms with Crippen molar-refractivity contribution in [2.45, 2.75) is 6.42 Å². The average molecular weight is 213 g/mol. The molecule has 2 aromatic rings. The van der Waals surface area contributed by atoms with E-state index in [1.807, 2.05) is 30.3 Å². The summed E-state index contributed by atoms with van der Waals surface area (Å²) in [5.41, 5.74) is 0.934. The van der Waals surface area contributed by atoms with Crippen LogP contribution in [0.5, 0.6) is 5.88 Å². The molecule has 0 bridgehead atoms. The molecule has 0 aliphatic heterocycles. The lowest BCUT2D eigenvalue weighted by Crippen LogP contribution is -2.11. The Bertz CT molecular complexity index is 410. The van der Waals surface area contributed by atoms with Crippen LogP contribution in [-0.4, -0.2) is 11.0 Å². The van der Waals surface area contributed by atoms with E-state index in [4.69, 9.17) is 4.74 Å². The summed E-state index contributed by atoms with van der Waals surface area (Å²) in [6, 6.07) is 14.7. The van der Waals surface area contributed by atoms with Gasteiger partial charge in [0.15, 0.2) is 0 Å². The summed E-state index contributed by atoms with van der Waals surface area (Å²) in [5, 5.41) is 0. The highest BCUT2D eigenvalue weighted by atomic mass is 16.5. The van der Waals surface area contributed by atoms with Gasteiger partial charge in [-0.3, -0.25) is 4.79 Å². The summed E-state index contributed by atoms with van der Waals surface area (Å²) in [6.45, 7) is 0. The SMILES string of the molecule is O=C(Cc1ccccc1)Oc1ccccn1. The molecule has 0 aliphatic rings. The van der Waals surface area contributed by atoms with Crippen LogP contribution in [-0.2, 0) is 11.2 Å². The molecule has 1 aromatic carbocycles. The average Bonchev–Trinajstić information content (AvgIpc) is 2.31. The predicted molar refractivity (Wildman–Crippen MR) is 60.0 cm³/mol. The Labute approximate surface area is 93.7 Å². The zero-order chi connectivity index (χ0) is 11.2. The number of ether oxygens (including phenoxy) is 1. The van der Waals surface area contributed by atoms with Gasteiger partial charge in [-0.25, -0.2) is 4.98 Å². The van der Waals surface area contributed by atoms with Gasteiger partial charge in [-0.05, 0) is 11.6 Å². The van der Waals surface area contributed by atoms with Gasteiger partial charge in [-0.1, -0.05) is 36.4 Å². The summed E-state index contributed by atoms with van der Waals surface area (Å²) in [4.78, 5) is 15.4. The Morgan fingerprint density at radius 2 is 1.81 bits per heavy atom. The van der Waals surface area contributed by atoms with E-state index in [-0.39, 0.29) is 12.4 Å². The zero-order valence-electron chi connectivity index (χ0n) is 8.67. The number of hydrogen-bond acceptors (Lipinski definition) is 3. The van der Waals surface area contributed by atoms with Crippen molar-refractivity contribution in [2.24, 2.45) is 0 Å². The lowest BCUT2D eigenvalue weighted by Gasteiger charge is -2.02. The Morgan fingerprint density at radius 3 is 2.50 bits per heavy atom. The quantitative estimate of drug-likeness (QED) is 0.734. The van der Waals surface area contributed by atoms with E-state index < -0.39 is 0 Å². The van der Waals surface area contributed by atoms with Gasteiger partial charge in [-0.15, -0.1) is 0 Å². The minimum Gasteiger partial charge on any atom is -0.407 e. The molecular weight excluding hydrogens is 202 g/mol. The van der Waals surface area contributed by atoms with Crippen LogP contribution in [0.25, 0.3) is 0 Å². The monoisotopic (exact) mass is 213 g/mol. The van der Waals surface area contributed by atoms with Crippen LogP contribution in [0.2, 0.25) is 0 Å².